The molecular formula is C22H33BrN4O2. The van der Waals surface area contributed by atoms with E-state index in [9.17, 15) is 9.59 Å². The Hall–Kier alpha value is -1.44. The molecule has 2 heterocycles. The second kappa shape index (κ2) is 11.1. The summed E-state index contributed by atoms with van der Waals surface area (Å²) < 4.78 is 1.03. The third kappa shape index (κ3) is 7.08. The zero-order chi connectivity index (χ0) is 20.6. The van der Waals surface area contributed by atoms with Crippen LogP contribution in [0.5, 0.6) is 0 Å². The first kappa shape index (κ1) is 22.2. The minimum Gasteiger partial charge on any atom is -0.348 e. The molecule has 1 unspecified atom stereocenters. The summed E-state index contributed by atoms with van der Waals surface area (Å²) >= 11 is 3.44. The van der Waals surface area contributed by atoms with Gasteiger partial charge in [-0.25, -0.2) is 0 Å². The molecule has 29 heavy (non-hydrogen) atoms. The third-order valence-electron chi connectivity index (χ3n) is 5.90. The molecule has 1 aromatic carbocycles. The Morgan fingerprint density at radius 2 is 1.45 bits per heavy atom. The van der Waals surface area contributed by atoms with Gasteiger partial charge in [0, 0.05) is 43.7 Å². The summed E-state index contributed by atoms with van der Waals surface area (Å²) in [4.78, 5) is 31.4. The van der Waals surface area contributed by atoms with E-state index >= 15 is 0 Å². The molecule has 2 aliphatic rings. The van der Waals surface area contributed by atoms with Crippen LogP contribution in [0.15, 0.2) is 28.7 Å². The minimum atomic E-state index is -0.0110. The molecule has 0 saturated carbocycles. The second-order valence-corrected chi connectivity index (χ2v) is 9.10. The largest absolute Gasteiger partial charge is 0.348 e. The molecule has 0 aliphatic carbocycles. The van der Waals surface area contributed by atoms with E-state index in [1.807, 2.05) is 36.1 Å². The van der Waals surface area contributed by atoms with Gasteiger partial charge in [0.15, 0.2) is 0 Å². The SMILES string of the molecule is CC(NC(=O)CN1CCN(CC(=O)N2CCCCCC2)CC1)c1ccc(Br)cc1. The van der Waals surface area contributed by atoms with Gasteiger partial charge in [-0.3, -0.25) is 19.4 Å². The van der Waals surface area contributed by atoms with Crippen LogP contribution in [0.25, 0.3) is 0 Å². The molecule has 2 amide bonds. The monoisotopic (exact) mass is 464 g/mol. The molecule has 6 nitrogen and oxygen atoms in total. The predicted molar refractivity (Wildman–Crippen MR) is 119 cm³/mol. The number of hydrogen-bond acceptors (Lipinski definition) is 4. The summed E-state index contributed by atoms with van der Waals surface area (Å²) in [5.74, 6) is 0.316. The highest BCUT2D eigenvalue weighted by Gasteiger charge is 2.23. The maximum Gasteiger partial charge on any atom is 0.236 e. The summed E-state index contributed by atoms with van der Waals surface area (Å²) in [6, 6.07) is 8.02. The number of nitrogens with one attached hydrogen (secondary N) is 1. The molecule has 1 N–H and O–H groups in total. The number of rotatable bonds is 6. The van der Waals surface area contributed by atoms with Crippen LogP contribution in [0.3, 0.4) is 0 Å². The maximum atomic E-state index is 12.6. The fraction of sp³-hybridized carbons (Fsp3) is 0.636. The van der Waals surface area contributed by atoms with Crippen molar-refractivity contribution in [3.63, 3.8) is 0 Å². The fourth-order valence-corrected chi connectivity index (χ4v) is 4.31. The second-order valence-electron chi connectivity index (χ2n) is 8.19. The van der Waals surface area contributed by atoms with Crippen LogP contribution in [0.1, 0.15) is 44.2 Å². The number of hydrogen-bond donors (Lipinski definition) is 1. The molecule has 0 bridgehead atoms. The average molecular weight is 465 g/mol. The zero-order valence-corrected chi connectivity index (χ0v) is 19.0. The van der Waals surface area contributed by atoms with Crippen molar-refractivity contribution in [3.8, 4) is 0 Å². The molecule has 1 atom stereocenters. The van der Waals surface area contributed by atoms with Gasteiger partial charge < -0.3 is 10.2 Å². The highest BCUT2D eigenvalue weighted by atomic mass is 79.9. The smallest absolute Gasteiger partial charge is 0.236 e. The average Bonchev–Trinajstić information content (AvgIpc) is 2.99. The van der Waals surface area contributed by atoms with Crippen LogP contribution in [0, 0.1) is 0 Å². The summed E-state index contributed by atoms with van der Waals surface area (Å²) in [5, 5.41) is 3.08. The summed E-state index contributed by atoms with van der Waals surface area (Å²) in [6.45, 7) is 8.10. The topological polar surface area (TPSA) is 55.9 Å². The summed E-state index contributed by atoms with van der Waals surface area (Å²) in [7, 11) is 0. The lowest BCUT2D eigenvalue weighted by Crippen LogP contribution is -2.52. The Balaban J connectivity index is 1.37. The maximum absolute atomic E-state index is 12.6. The van der Waals surface area contributed by atoms with Crippen LogP contribution in [0.4, 0.5) is 0 Å². The van der Waals surface area contributed by atoms with Crippen molar-refractivity contribution in [2.45, 2.75) is 38.6 Å². The molecule has 2 aliphatic heterocycles. The fourth-order valence-electron chi connectivity index (χ4n) is 4.04. The Kier molecular flexibility index (Phi) is 8.51. The summed E-state index contributed by atoms with van der Waals surface area (Å²) in [5.41, 5.74) is 1.10. The number of benzene rings is 1. The Morgan fingerprint density at radius 1 is 0.897 bits per heavy atom. The Bertz CT molecular complexity index is 666. The van der Waals surface area contributed by atoms with E-state index in [4.69, 9.17) is 0 Å². The number of halogens is 1. The highest BCUT2D eigenvalue weighted by Crippen LogP contribution is 2.16. The lowest BCUT2D eigenvalue weighted by molar-refractivity contribution is -0.133. The first-order chi connectivity index (χ1) is 14.0. The van der Waals surface area contributed by atoms with Crippen LogP contribution < -0.4 is 5.32 Å². The van der Waals surface area contributed by atoms with Crippen LogP contribution in [-0.2, 0) is 9.59 Å². The number of carbonyl (C=O) groups excluding carboxylic acids is 2. The Morgan fingerprint density at radius 3 is 2.03 bits per heavy atom. The van der Waals surface area contributed by atoms with Crippen LogP contribution >= 0.6 is 15.9 Å². The van der Waals surface area contributed by atoms with E-state index in [-0.39, 0.29) is 17.9 Å². The van der Waals surface area contributed by atoms with Crippen molar-refractivity contribution in [2.24, 2.45) is 0 Å². The summed E-state index contributed by atoms with van der Waals surface area (Å²) in [6.07, 6.45) is 4.75. The normalized spacial score (nSPS) is 20.1. The molecule has 7 heteroatoms. The van der Waals surface area contributed by atoms with Gasteiger partial charge in [0.25, 0.3) is 0 Å². The molecular weight excluding hydrogens is 432 g/mol. The van der Waals surface area contributed by atoms with Crippen molar-refractivity contribution < 1.29 is 9.59 Å². The lowest BCUT2D eigenvalue weighted by atomic mass is 10.1. The van der Waals surface area contributed by atoms with Gasteiger partial charge in [0.1, 0.15) is 0 Å². The van der Waals surface area contributed by atoms with E-state index in [0.29, 0.717) is 13.1 Å². The quantitative estimate of drug-likeness (QED) is 0.702. The number of nitrogens with zero attached hydrogens (tertiary/aromatic N) is 3. The van der Waals surface area contributed by atoms with Gasteiger partial charge in [-0.1, -0.05) is 40.9 Å². The lowest BCUT2D eigenvalue weighted by Gasteiger charge is -2.35. The first-order valence-electron chi connectivity index (χ1n) is 10.8. The van der Waals surface area contributed by atoms with Crippen molar-refractivity contribution in [3.05, 3.63) is 34.3 Å². The third-order valence-corrected chi connectivity index (χ3v) is 6.43. The first-order valence-corrected chi connectivity index (χ1v) is 11.6. The van der Waals surface area contributed by atoms with E-state index < -0.39 is 0 Å². The molecule has 160 valence electrons. The van der Waals surface area contributed by atoms with E-state index in [2.05, 4.69) is 31.0 Å². The standard InChI is InChI=1S/C22H33BrN4O2/c1-18(19-6-8-20(23)9-7-19)24-21(28)16-25-12-14-26(15-13-25)17-22(29)27-10-4-2-3-5-11-27/h6-9,18H,2-5,10-17H2,1H3,(H,24,28). The van der Waals surface area contributed by atoms with Crippen molar-refractivity contribution >= 4 is 27.7 Å². The minimum absolute atomic E-state index is 0.0110. The van der Waals surface area contributed by atoms with Gasteiger partial charge in [-0.2, -0.15) is 0 Å². The van der Waals surface area contributed by atoms with E-state index in [0.717, 1.165) is 62.1 Å². The van der Waals surface area contributed by atoms with E-state index in [1.165, 1.54) is 12.8 Å². The number of piperazine rings is 1. The van der Waals surface area contributed by atoms with Gasteiger partial charge in [-0.05, 0) is 37.5 Å². The van der Waals surface area contributed by atoms with Crippen LogP contribution in [-0.4, -0.2) is 78.9 Å². The molecule has 0 radical (unpaired) electrons. The molecule has 0 spiro atoms. The van der Waals surface area contributed by atoms with Crippen molar-refractivity contribution in [1.29, 1.82) is 0 Å². The number of carbonyl (C=O) groups is 2. The predicted octanol–water partition coefficient (Wildman–Crippen LogP) is 2.65. The van der Waals surface area contributed by atoms with Gasteiger partial charge >= 0.3 is 0 Å². The van der Waals surface area contributed by atoms with Gasteiger partial charge in [0.2, 0.25) is 11.8 Å². The molecule has 2 saturated heterocycles. The molecule has 2 fully saturated rings. The number of amides is 2. The molecule has 0 aromatic heterocycles. The molecule has 3 rings (SSSR count). The van der Waals surface area contributed by atoms with Crippen LogP contribution in [0.2, 0.25) is 0 Å². The van der Waals surface area contributed by atoms with Gasteiger partial charge in [-0.15, -0.1) is 0 Å². The van der Waals surface area contributed by atoms with Crippen molar-refractivity contribution in [2.75, 3.05) is 52.4 Å². The van der Waals surface area contributed by atoms with E-state index in [1.54, 1.807) is 0 Å². The molecule has 1 aromatic rings. The highest BCUT2D eigenvalue weighted by molar-refractivity contribution is 9.10. The number of likely N-dealkylation sites (tertiary alicyclic amines) is 1. The van der Waals surface area contributed by atoms with Crippen molar-refractivity contribution in [1.82, 2.24) is 20.0 Å². The zero-order valence-electron chi connectivity index (χ0n) is 17.4. The Labute approximate surface area is 182 Å². The van der Waals surface area contributed by atoms with Gasteiger partial charge in [0.05, 0.1) is 19.1 Å².